The van der Waals surface area contributed by atoms with Crippen molar-refractivity contribution >= 4 is 51.6 Å². The van der Waals surface area contributed by atoms with Crippen molar-refractivity contribution in [1.29, 1.82) is 0 Å². The molecule has 1 spiro atoms. The topological polar surface area (TPSA) is 135 Å². The molecule has 3 N–H and O–H groups in total. The van der Waals surface area contributed by atoms with Crippen molar-refractivity contribution in [1.82, 2.24) is 34.6 Å². The van der Waals surface area contributed by atoms with E-state index in [0.29, 0.717) is 62.0 Å². The van der Waals surface area contributed by atoms with Gasteiger partial charge in [-0.1, -0.05) is 53.5 Å². The minimum absolute atomic E-state index is 0.0923. The number of benzene rings is 2. The van der Waals surface area contributed by atoms with Crippen LogP contribution in [0, 0.1) is 6.92 Å². The molecule has 0 bridgehead atoms. The average molecular weight is 742 g/mol. The Morgan fingerprint density at radius 2 is 1.71 bits per heavy atom. The number of rotatable bonds is 6. The second kappa shape index (κ2) is 12.9. The van der Waals surface area contributed by atoms with Gasteiger partial charge in [-0.2, -0.15) is 0 Å². The summed E-state index contributed by atoms with van der Waals surface area (Å²) in [4.78, 5) is 50.2. The number of carbonyl (C=O) groups excluding carboxylic acids is 1. The van der Waals surface area contributed by atoms with Crippen molar-refractivity contribution in [2.75, 3.05) is 32.1 Å². The van der Waals surface area contributed by atoms with Crippen molar-refractivity contribution in [3.05, 3.63) is 96.2 Å². The number of pyridine rings is 2. The van der Waals surface area contributed by atoms with Crippen molar-refractivity contribution in [2.45, 2.75) is 44.2 Å². The lowest BCUT2D eigenvalue weighted by molar-refractivity contribution is 0.187. The molecule has 14 heteroatoms. The molecule has 1 aliphatic carbocycles. The summed E-state index contributed by atoms with van der Waals surface area (Å²) in [7, 11) is 4.72. The highest BCUT2D eigenvalue weighted by molar-refractivity contribution is 6.39. The number of likely N-dealkylation sites (tertiary alicyclic amines) is 1. The molecule has 5 aromatic rings. The van der Waals surface area contributed by atoms with Gasteiger partial charge in [0.05, 0.1) is 39.6 Å². The number of urea groups is 1. The largest absolute Gasteiger partial charge is 0.481 e. The van der Waals surface area contributed by atoms with Crippen molar-refractivity contribution in [2.24, 2.45) is 14.1 Å². The Balaban J connectivity index is 1.13. The third kappa shape index (κ3) is 5.60. The summed E-state index contributed by atoms with van der Waals surface area (Å²) in [6.07, 6.45) is 3.64. The minimum atomic E-state index is -0.459. The first-order chi connectivity index (χ1) is 25.0. The Labute approximate surface area is 309 Å². The number of methoxy groups -OCH3 is 1. The molecule has 2 saturated heterocycles. The summed E-state index contributed by atoms with van der Waals surface area (Å²) in [5.74, 6) is 0.875. The van der Waals surface area contributed by atoms with Gasteiger partial charge in [0.15, 0.2) is 0 Å². The van der Waals surface area contributed by atoms with Gasteiger partial charge in [-0.3, -0.25) is 18.8 Å². The predicted octanol–water partition coefficient (Wildman–Crippen LogP) is 5.86. The van der Waals surface area contributed by atoms with Crippen molar-refractivity contribution in [3.63, 3.8) is 0 Å². The van der Waals surface area contributed by atoms with Crippen LogP contribution >= 0.6 is 23.2 Å². The van der Waals surface area contributed by atoms with Gasteiger partial charge in [0.25, 0.3) is 5.56 Å². The normalized spacial score (nSPS) is 19.9. The van der Waals surface area contributed by atoms with E-state index in [2.05, 4.69) is 31.9 Å². The molecule has 2 atom stereocenters. The number of halogens is 2. The number of aryl methyl sites for hydroxylation is 3. The highest BCUT2D eigenvalue weighted by Gasteiger charge is 2.45. The third-order valence-corrected chi connectivity index (χ3v) is 11.6. The summed E-state index contributed by atoms with van der Waals surface area (Å²) < 4.78 is 8.43. The van der Waals surface area contributed by atoms with E-state index in [-0.39, 0.29) is 23.0 Å². The first kappa shape index (κ1) is 34.2. The molecule has 5 heterocycles. The van der Waals surface area contributed by atoms with Gasteiger partial charge in [0.2, 0.25) is 5.88 Å². The number of hydrogen-bond donors (Lipinski definition) is 3. The van der Waals surface area contributed by atoms with E-state index in [1.807, 2.05) is 30.3 Å². The number of fused-ring (bicyclic) bond motifs is 2. The number of aromatic nitrogens is 4. The molecule has 52 heavy (non-hydrogen) atoms. The van der Waals surface area contributed by atoms with Gasteiger partial charge < -0.3 is 20.7 Å². The second-order valence-corrected chi connectivity index (χ2v) is 14.7. The van der Waals surface area contributed by atoms with Gasteiger partial charge >= 0.3 is 11.7 Å². The first-order valence-corrected chi connectivity index (χ1v) is 18.0. The van der Waals surface area contributed by atoms with E-state index in [4.69, 9.17) is 32.9 Å². The lowest BCUT2D eigenvalue weighted by atomic mass is 9.93. The van der Waals surface area contributed by atoms with E-state index in [1.54, 1.807) is 33.2 Å². The van der Waals surface area contributed by atoms with Crippen LogP contribution in [-0.2, 0) is 20.5 Å². The summed E-state index contributed by atoms with van der Waals surface area (Å²) in [6.45, 7) is 4.18. The van der Waals surface area contributed by atoms with Crippen LogP contribution in [-0.4, -0.2) is 62.3 Å². The fourth-order valence-electron chi connectivity index (χ4n) is 8.19. The molecular formula is C38H38Cl2N8O4. The molecule has 12 nitrogen and oxygen atoms in total. The molecule has 2 aromatic carbocycles. The van der Waals surface area contributed by atoms with Crippen LogP contribution < -0.4 is 31.9 Å². The highest BCUT2D eigenvalue weighted by atomic mass is 35.5. The molecule has 268 valence electrons. The molecule has 0 unspecified atom stereocenters. The zero-order valence-electron chi connectivity index (χ0n) is 29.3. The van der Waals surface area contributed by atoms with Gasteiger partial charge in [-0.25, -0.2) is 19.6 Å². The Morgan fingerprint density at radius 1 is 0.962 bits per heavy atom. The van der Waals surface area contributed by atoms with E-state index in [0.717, 1.165) is 54.5 Å². The van der Waals surface area contributed by atoms with Crippen molar-refractivity contribution < 1.29 is 9.53 Å². The monoisotopic (exact) mass is 740 g/mol. The molecule has 3 aromatic heterocycles. The van der Waals surface area contributed by atoms with Crippen LogP contribution in [0.2, 0.25) is 10.0 Å². The van der Waals surface area contributed by atoms with Crippen LogP contribution in [0.5, 0.6) is 5.88 Å². The van der Waals surface area contributed by atoms with E-state index in [1.165, 1.54) is 17.2 Å². The molecule has 2 amide bonds. The predicted molar refractivity (Wildman–Crippen MR) is 203 cm³/mol. The Kier molecular flexibility index (Phi) is 8.51. The number of carbonyl (C=O) groups is 1. The number of nitrogens with zero attached hydrogens (tertiary/aromatic N) is 5. The molecule has 8 rings (SSSR count). The molecule has 0 radical (unpaired) electrons. The quantitative estimate of drug-likeness (QED) is 0.197. The Hall–Kier alpha value is -4.91. The van der Waals surface area contributed by atoms with E-state index < -0.39 is 11.2 Å². The van der Waals surface area contributed by atoms with Crippen LogP contribution in [0.15, 0.2) is 58.1 Å². The fourth-order valence-corrected chi connectivity index (χ4v) is 8.79. The smallest absolute Gasteiger partial charge is 0.330 e. The Morgan fingerprint density at radius 3 is 2.48 bits per heavy atom. The lowest BCUT2D eigenvalue weighted by Gasteiger charge is -2.36. The molecule has 0 saturated carbocycles. The third-order valence-electron chi connectivity index (χ3n) is 10.8. The van der Waals surface area contributed by atoms with Gasteiger partial charge in [0.1, 0.15) is 11.2 Å². The van der Waals surface area contributed by atoms with Crippen LogP contribution in [0.4, 0.5) is 16.3 Å². The maximum absolute atomic E-state index is 13.3. The number of amides is 2. The van der Waals surface area contributed by atoms with Gasteiger partial charge in [-0.15, -0.1) is 0 Å². The zero-order chi connectivity index (χ0) is 36.5. The molecular weight excluding hydrogens is 703 g/mol. The van der Waals surface area contributed by atoms with Crippen LogP contribution in [0.3, 0.4) is 0 Å². The minimum Gasteiger partial charge on any atom is -0.481 e. The number of hydrogen-bond acceptors (Lipinski definition) is 8. The first-order valence-electron chi connectivity index (χ1n) is 17.3. The number of nitrogens with one attached hydrogen (secondary N) is 3. The van der Waals surface area contributed by atoms with Crippen LogP contribution in [0.25, 0.3) is 33.3 Å². The second-order valence-electron chi connectivity index (χ2n) is 13.9. The maximum atomic E-state index is 13.3. The summed E-state index contributed by atoms with van der Waals surface area (Å²) >= 11 is 14.3. The molecule has 3 aliphatic rings. The summed E-state index contributed by atoms with van der Waals surface area (Å²) in [5, 5.41) is 10.5. The van der Waals surface area contributed by atoms with E-state index in [9.17, 15) is 14.4 Å². The Bertz CT molecular complexity index is 2430. The zero-order valence-corrected chi connectivity index (χ0v) is 30.8. The highest BCUT2D eigenvalue weighted by Crippen LogP contribution is 2.47. The maximum Gasteiger partial charge on any atom is 0.330 e. The number of ether oxygens (including phenoxy) is 1. The summed E-state index contributed by atoms with van der Waals surface area (Å²) in [6, 6.07) is 15.2. The van der Waals surface area contributed by atoms with Crippen molar-refractivity contribution in [3.8, 4) is 28.3 Å². The van der Waals surface area contributed by atoms with Gasteiger partial charge in [0, 0.05) is 67.7 Å². The SMILES string of the molecule is COc1nc(-c2cccc(-c3cccc(Nc4nc(C)cc5c4c(=O)n(C)c(=O)n5C)c3Cl)c2Cl)cc2c1[C@@H](N1CC[C@]3(CCNC(=O)N3)C1)CC2. The standard InChI is InChI=1S/C38H38Cl2N8O4/c1-20-17-28-30(35(49)47(3)37(51)46(28)2)33(42-20)43-25-10-6-8-23(32(25)40)22-7-5-9-24(31(22)39)26-18-21-11-12-27(29(21)34(44-26)52-4)48-16-14-38(19-48)13-15-41-36(50)45-38/h5-10,17-18,27H,11-16,19H2,1-4H3,(H,42,43)(H2,41,45,50)/t27-,38+/m0/s1. The summed E-state index contributed by atoms with van der Waals surface area (Å²) in [5.41, 5.74) is 5.64. The van der Waals surface area contributed by atoms with Gasteiger partial charge in [-0.05, 0) is 56.4 Å². The lowest BCUT2D eigenvalue weighted by Crippen LogP contribution is -2.59. The van der Waals surface area contributed by atoms with E-state index >= 15 is 0 Å². The molecule has 2 fully saturated rings. The fraction of sp³-hybridized carbons (Fsp3) is 0.342. The average Bonchev–Trinajstić information content (AvgIpc) is 3.74. The number of anilines is 2. The molecule has 2 aliphatic heterocycles. The van der Waals surface area contributed by atoms with Crippen LogP contribution in [0.1, 0.15) is 42.1 Å².